The number of carbonyl (C=O) groups excluding carboxylic acids is 1. The third-order valence-electron chi connectivity index (χ3n) is 6.45. The number of piperidine rings is 1. The third-order valence-corrected chi connectivity index (χ3v) is 6.45. The molecule has 2 aromatic heterocycles. The summed E-state index contributed by atoms with van der Waals surface area (Å²) in [5, 5.41) is 6.51. The zero-order valence-electron chi connectivity index (χ0n) is 16.4. The number of rotatable bonds is 3. The van der Waals surface area contributed by atoms with Gasteiger partial charge in [0.25, 0.3) is 5.91 Å². The Labute approximate surface area is 183 Å². The predicted octanol–water partition coefficient (Wildman–Crippen LogP) is 3.03. The minimum absolute atomic E-state index is 0. The molecule has 2 aromatic rings. The lowest BCUT2D eigenvalue weighted by atomic mass is 9.88. The van der Waals surface area contributed by atoms with Gasteiger partial charge in [-0.15, -0.1) is 24.8 Å². The van der Waals surface area contributed by atoms with Crippen LogP contribution >= 0.6 is 24.8 Å². The minimum Gasteiger partial charge on any atom is -0.373 e. The van der Waals surface area contributed by atoms with E-state index < -0.39 is 0 Å². The maximum absolute atomic E-state index is 12.7. The summed E-state index contributed by atoms with van der Waals surface area (Å²) >= 11 is 0. The zero-order valence-corrected chi connectivity index (χ0v) is 18.1. The first kappa shape index (κ1) is 22.3. The van der Waals surface area contributed by atoms with E-state index in [-0.39, 0.29) is 42.4 Å². The fraction of sp³-hybridized carbons (Fsp3) is 0.650. The first-order chi connectivity index (χ1) is 13.2. The van der Waals surface area contributed by atoms with Gasteiger partial charge in [0.15, 0.2) is 5.65 Å². The van der Waals surface area contributed by atoms with Gasteiger partial charge in [-0.2, -0.15) is 0 Å². The number of imidazole rings is 1. The van der Waals surface area contributed by atoms with E-state index in [9.17, 15) is 4.79 Å². The smallest absolute Gasteiger partial charge is 0.253 e. The second-order valence-corrected chi connectivity index (χ2v) is 8.28. The van der Waals surface area contributed by atoms with Crippen LogP contribution in [-0.4, -0.2) is 51.8 Å². The number of pyridine rings is 1. The van der Waals surface area contributed by atoms with E-state index in [1.807, 2.05) is 12.4 Å². The minimum atomic E-state index is -0.0839. The van der Waals surface area contributed by atoms with E-state index in [1.165, 1.54) is 25.7 Å². The zero-order chi connectivity index (χ0) is 18.3. The average molecular weight is 442 g/mol. The monoisotopic (exact) mass is 441 g/mol. The molecule has 1 saturated carbocycles. The van der Waals surface area contributed by atoms with Crippen molar-refractivity contribution in [2.75, 3.05) is 19.7 Å². The normalized spacial score (nSPS) is 23.7. The number of amides is 1. The molecule has 2 aliphatic heterocycles. The van der Waals surface area contributed by atoms with E-state index in [1.54, 1.807) is 6.20 Å². The third kappa shape index (κ3) is 4.38. The summed E-state index contributed by atoms with van der Waals surface area (Å²) in [7, 11) is 0. The number of hydrogen-bond donors (Lipinski definition) is 2. The predicted molar refractivity (Wildman–Crippen MR) is 116 cm³/mol. The maximum Gasteiger partial charge on any atom is 0.253 e. The van der Waals surface area contributed by atoms with Crippen LogP contribution in [0.4, 0.5) is 0 Å². The van der Waals surface area contributed by atoms with Crippen molar-refractivity contribution in [2.24, 2.45) is 0 Å². The summed E-state index contributed by atoms with van der Waals surface area (Å²) in [5.41, 5.74) is 2.21. The highest BCUT2D eigenvalue weighted by molar-refractivity contribution is 5.96. The lowest BCUT2D eigenvalue weighted by molar-refractivity contribution is -0.0194. The molecule has 0 radical (unpaired) electrons. The average Bonchev–Trinajstić information content (AvgIpc) is 3.42. The summed E-state index contributed by atoms with van der Waals surface area (Å²) in [6.07, 6.45) is 11.4. The highest BCUT2D eigenvalue weighted by Crippen LogP contribution is 2.34. The second-order valence-electron chi connectivity index (χ2n) is 8.28. The first-order valence-corrected chi connectivity index (χ1v) is 10.2. The SMILES string of the molecule is Cl.Cl.O=C(NC1COC2(CCNCC2)C1)c1cnc2c(c1)ncn2C1CCCC1. The molecule has 3 fully saturated rings. The van der Waals surface area contributed by atoms with Crippen LogP contribution in [0, 0.1) is 0 Å². The quantitative estimate of drug-likeness (QED) is 0.764. The molecule has 160 valence electrons. The molecule has 29 heavy (non-hydrogen) atoms. The van der Waals surface area contributed by atoms with Crippen LogP contribution in [-0.2, 0) is 4.74 Å². The van der Waals surface area contributed by atoms with Gasteiger partial charge in [0.05, 0.1) is 30.1 Å². The topological polar surface area (TPSA) is 81.1 Å². The molecule has 7 nitrogen and oxygen atoms in total. The number of aromatic nitrogens is 3. The van der Waals surface area contributed by atoms with E-state index in [0.717, 1.165) is 43.5 Å². The highest BCUT2D eigenvalue weighted by Gasteiger charge is 2.41. The number of fused-ring (bicyclic) bond motifs is 1. The van der Waals surface area contributed by atoms with Gasteiger partial charge in [-0.3, -0.25) is 4.79 Å². The number of halogens is 2. The molecule has 1 aliphatic carbocycles. The molecule has 0 bridgehead atoms. The van der Waals surface area contributed by atoms with E-state index >= 15 is 0 Å². The Balaban J connectivity index is 0.00000120. The van der Waals surface area contributed by atoms with Crippen LogP contribution in [0.5, 0.6) is 0 Å². The molecule has 1 amide bonds. The standard InChI is InChI=1S/C20H27N5O2.2ClH/c26-19(24-15-10-20(27-12-15)5-7-21-8-6-20)14-9-17-18(22-11-14)25(13-23-17)16-3-1-2-4-16;;/h9,11,13,15-16,21H,1-8,10,12H2,(H,24,26);2*1H. The van der Waals surface area contributed by atoms with Crippen LogP contribution in [0.25, 0.3) is 11.2 Å². The van der Waals surface area contributed by atoms with Crippen molar-refractivity contribution >= 4 is 41.9 Å². The Kier molecular flexibility index (Phi) is 7.04. The lowest BCUT2D eigenvalue weighted by Gasteiger charge is -2.32. The van der Waals surface area contributed by atoms with Gasteiger partial charge >= 0.3 is 0 Å². The molecule has 2 saturated heterocycles. The van der Waals surface area contributed by atoms with Crippen LogP contribution in [0.1, 0.15) is 61.3 Å². The fourth-order valence-electron chi connectivity index (χ4n) is 4.93. The van der Waals surface area contributed by atoms with Crippen molar-refractivity contribution in [3.8, 4) is 0 Å². The first-order valence-electron chi connectivity index (χ1n) is 10.2. The fourth-order valence-corrected chi connectivity index (χ4v) is 4.93. The van der Waals surface area contributed by atoms with E-state index in [4.69, 9.17) is 4.74 Å². The lowest BCUT2D eigenvalue weighted by Crippen LogP contribution is -2.43. The molecular weight excluding hydrogens is 413 g/mol. The Morgan fingerprint density at radius 3 is 2.72 bits per heavy atom. The van der Waals surface area contributed by atoms with Crippen molar-refractivity contribution in [3.63, 3.8) is 0 Å². The van der Waals surface area contributed by atoms with Crippen LogP contribution < -0.4 is 10.6 Å². The molecule has 1 atom stereocenters. The molecule has 0 aromatic carbocycles. The van der Waals surface area contributed by atoms with Gasteiger partial charge < -0.3 is 19.9 Å². The molecule has 1 unspecified atom stereocenters. The van der Waals surface area contributed by atoms with Gasteiger partial charge in [-0.1, -0.05) is 12.8 Å². The number of carbonyl (C=O) groups is 1. The molecule has 2 N–H and O–H groups in total. The van der Waals surface area contributed by atoms with Crippen LogP contribution in [0.2, 0.25) is 0 Å². The number of nitrogens with zero attached hydrogens (tertiary/aromatic N) is 3. The number of ether oxygens (including phenoxy) is 1. The summed E-state index contributed by atoms with van der Waals surface area (Å²) in [5.74, 6) is -0.0839. The van der Waals surface area contributed by atoms with Gasteiger partial charge in [0, 0.05) is 12.2 Å². The summed E-state index contributed by atoms with van der Waals surface area (Å²) in [6.45, 7) is 2.58. The Morgan fingerprint density at radius 2 is 1.97 bits per heavy atom. The van der Waals surface area contributed by atoms with Gasteiger partial charge in [0.1, 0.15) is 5.52 Å². The summed E-state index contributed by atoms with van der Waals surface area (Å²) < 4.78 is 8.25. The summed E-state index contributed by atoms with van der Waals surface area (Å²) in [6, 6.07) is 2.43. The van der Waals surface area contributed by atoms with Crippen molar-refractivity contribution in [1.29, 1.82) is 0 Å². The van der Waals surface area contributed by atoms with Crippen LogP contribution in [0.15, 0.2) is 18.6 Å². The van der Waals surface area contributed by atoms with Gasteiger partial charge in [0.2, 0.25) is 0 Å². The van der Waals surface area contributed by atoms with Crippen molar-refractivity contribution in [1.82, 2.24) is 25.2 Å². The molecular formula is C20H29Cl2N5O2. The van der Waals surface area contributed by atoms with Crippen molar-refractivity contribution in [2.45, 2.75) is 62.6 Å². The molecule has 9 heteroatoms. The van der Waals surface area contributed by atoms with E-state index in [2.05, 4.69) is 25.2 Å². The number of hydrogen-bond acceptors (Lipinski definition) is 5. The molecule has 3 aliphatic rings. The Hall–Kier alpha value is -1.41. The van der Waals surface area contributed by atoms with Crippen molar-refractivity contribution in [3.05, 3.63) is 24.2 Å². The van der Waals surface area contributed by atoms with Gasteiger partial charge in [-0.05, 0) is 51.3 Å². The second kappa shape index (κ2) is 9.16. The largest absolute Gasteiger partial charge is 0.373 e. The van der Waals surface area contributed by atoms with E-state index in [0.29, 0.717) is 18.2 Å². The molecule has 4 heterocycles. The Bertz CT molecular complexity index is 847. The summed E-state index contributed by atoms with van der Waals surface area (Å²) in [4.78, 5) is 21.8. The van der Waals surface area contributed by atoms with Gasteiger partial charge in [-0.25, -0.2) is 9.97 Å². The van der Waals surface area contributed by atoms with Crippen molar-refractivity contribution < 1.29 is 9.53 Å². The Morgan fingerprint density at radius 1 is 1.21 bits per heavy atom. The molecule has 5 rings (SSSR count). The molecule has 1 spiro atoms. The number of nitrogens with one attached hydrogen (secondary N) is 2. The highest BCUT2D eigenvalue weighted by atomic mass is 35.5. The maximum atomic E-state index is 12.7. The van der Waals surface area contributed by atoms with Crippen LogP contribution in [0.3, 0.4) is 0 Å².